The van der Waals surface area contributed by atoms with Crippen molar-refractivity contribution in [2.75, 3.05) is 18.0 Å². The monoisotopic (exact) mass is 454 g/mol. The van der Waals surface area contributed by atoms with E-state index in [1.54, 1.807) is 6.07 Å². The highest BCUT2D eigenvalue weighted by Crippen LogP contribution is 2.41. The predicted octanol–water partition coefficient (Wildman–Crippen LogP) is 5.51. The van der Waals surface area contributed by atoms with E-state index in [0.29, 0.717) is 5.69 Å². The zero-order valence-electron chi connectivity index (χ0n) is 16.7. The van der Waals surface area contributed by atoms with Gasteiger partial charge in [0.25, 0.3) is 0 Å². The van der Waals surface area contributed by atoms with Gasteiger partial charge in [-0.2, -0.15) is 0 Å². The Kier molecular flexibility index (Phi) is 6.73. The van der Waals surface area contributed by atoms with Crippen LogP contribution in [0.2, 0.25) is 10.0 Å². The molecule has 0 unspecified atom stereocenters. The maximum Gasteiger partial charge on any atom is 0.414 e. The van der Waals surface area contributed by atoms with Crippen molar-refractivity contribution in [2.45, 2.75) is 32.8 Å². The molecule has 1 fully saturated rings. The normalized spacial score (nSPS) is 16.0. The van der Waals surface area contributed by atoms with Crippen LogP contribution in [0.1, 0.15) is 32.3 Å². The van der Waals surface area contributed by atoms with Gasteiger partial charge in [0.2, 0.25) is 5.91 Å². The molecule has 2 aromatic carbocycles. The summed E-state index contributed by atoms with van der Waals surface area (Å²) < 4.78 is 24.9. The molecule has 1 atom stereocenters. The summed E-state index contributed by atoms with van der Waals surface area (Å²) in [5.74, 6) is -0.0981. The number of benzene rings is 2. The first-order valence-electron chi connectivity index (χ1n) is 9.34. The molecule has 0 spiro atoms. The Morgan fingerprint density at radius 3 is 2.53 bits per heavy atom. The molecule has 1 aliphatic rings. The number of nitrogens with one attached hydrogen (secondary N) is 1. The van der Waals surface area contributed by atoms with Crippen molar-refractivity contribution < 1.29 is 23.5 Å². The number of nitrogens with zero attached hydrogens (tertiary/aromatic N) is 1. The van der Waals surface area contributed by atoms with Gasteiger partial charge >= 0.3 is 6.09 Å². The minimum absolute atomic E-state index is 0.114. The molecule has 0 aromatic heterocycles. The SMILES string of the molecule is CC(=O)NC[C@H]1CN(c2cc(Cl)c(Oc3cc(F)cc(C(C)C)c3)c(Cl)c2)C(=O)O1. The van der Waals surface area contributed by atoms with Gasteiger partial charge in [-0.1, -0.05) is 37.0 Å². The number of carbonyl (C=O) groups excluding carboxylic acids is 2. The molecule has 3 rings (SSSR count). The summed E-state index contributed by atoms with van der Waals surface area (Å²) in [5, 5.41) is 2.93. The van der Waals surface area contributed by atoms with Crippen LogP contribution in [0.3, 0.4) is 0 Å². The van der Waals surface area contributed by atoms with Gasteiger partial charge in [-0.05, 0) is 35.7 Å². The first kappa shape index (κ1) is 22.2. The molecule has 30 heavy (non-hydrogen) atoms. The number of amides is 2. The molecule has 1 saturated heterocycles. The highest BCUT2D eigenvalue weighted by Gasteiger charge is 2.33. The number of cyclic esters (lactones) is 1. The van der Waals surface area contributed by atoms with Gasteiger partial charge in [0, 0.05) is 13.0 Å². The van der Waals surface area contributed by atoms with Crippen LogP contribution in [0, 0.1) is 5.82 Å². The van der Waals surface area contributed by atoms with Crippen LogP contribution in [0.25, 0.3) is 0 Å². The Labute approximate surface area is 183 Å². The Balaban J connectivity index is 1.81. The molecule has 1 heterocycles. The molecule has 0 aliphatic carbocycles. The lowest BCUT2D eigenvalue weighted by atomic mass is 10.0. The van der Waals surface area contributed by atoms with Crippen molar-refractivity contribution in [1.82, 2.24) is 5.32 Å². The van der Waals surface area contributed by atoms with E-state index in [2.05, 4.69) is 5.32 Å². The fourth-order valence-electron chi connectivity index (χ4n) is 2.99. The van der Waals surface area contributed by atoms with E-state index in [-0.39, 0.29) is 46.5 Å². The summed E-state index contributed by atoms with van der Waals surface area (Å²) in [7, 11) is 0. The topological polar surface area (TPSA) is 67.9 Å². The number of carbonyl (C=O) groups is 2. The molecule has 1 N–H and O–H groups in total. The van der Waals surface area contributed by atoms with E-state index in [4.69, 9.17) is 32.7 Å². The molecule has 160 valence electrons. The van der Waals surface area contributed by atoms with E-state index in [1.807, 2.05) is 13.8 Å². The number of rotatable bonds is 6. The third-order valence-electron chi connectivity index (χ3n) is 4.53. The zero-order chi connectivity index (χ0) is 22.0. The summed E-state index contributed by atoms with van der Waals surface area (Å²) in [6.07, 6.45) is -1.06. The second-order valence-corrected chi connectivity index (χ2v) is 8.08. The van der Waals surface area contributed by atoms with Crippen LogP contribution >= 0.6 is 23.2 Å². The summed E-state index contributed by atoms with van der Waals surface area (Å²) in [5.41, 5.74) is 1.20. The maximum atomic E-state index is 13.9. The number of ether oxygens (including phenoxy) is 2. The number of hydrogen-bond donors (Lipinski definition) is 1. The van der Waals surface area contributed by atoms with E-state index in [1.165, 1.54) is 36.1 Å². The summed E-state index contributed by atoms with van der Waals surface area (Å²) in [6, 6.07) is 7.46. The van der Waals surface area contributed by atoms with E-state index in [9.17, 15) is 14.0 Å². The molecule has 0 bridgehead atoms. The lowest BCUT2D eigenvalue weighted by Crippen LogP contribution is -2.33. The van der Waals surface area contributed by atoms with Crippen molar-refractivity contribution in [1.29, 1.82) is 0 Å². The molecule has 1 aliphatic heterocycles. The second-order valence-electron chi connectivity index (χ2n) is 7.27. The van der Waals surface area contributed by atoms with Crippen molar-refractivity contribution in [3.8, 4) is 11.5 Å². The molecular formula is C21H21Cl2FN2O4. The van der Waals surface area contributed by atoms with Gasteiger partial charge < -0.3 is 14.8 Å². The zero-order valence-corrected chi connectivity index (χ0v) is 18.2. The van der Waals surface area contributed by atoms with Gasteiger partial charge in [0.15, 0.2) is 5.75 Å². The Hall–Kier alpha value is -2.51. The van der Waals surface area contributed by atoms with Crippen molar-refractivity contribution >= 4 is 40.9 Å². The lowest BCUT2D eigenvalue weighted by molar-refractivity contribution is -0.119. The highest BCUT2D eigenvalue weighted by atomic mass is 35.5. The van der Waals surface area contributed by atoms with Gasteiger partial charge in [0.05, 0.1) is 28.8 Å². The standard InChI is InChI=1S/C21H21Cl2FN2O4/c1-11(2)13-4-14(24)6-16(5-13)29-20-18(22)7-15(8-19(20)23)26-10-17(30-21(26)28)9-25-12(3)27/h4-8,11,17H,9-10H2,1-3H3,(H,25,27)/t17-/m0/s1. The Morgan fingerprint density at radius 2 is 1.93 bits per heavy atom. The Morgan fingerprint density at radius 1 is 1.27 bits per heavy atom. The summed E-state index contributed by atoms with van der Waals surface area (Å²) >= 11 is 12.7. The van der Waals surface area contributed by atoms with E-state index in [0.717, 1.165) is 5.56 Å². The number of hydrogen-bond acceptors (Lipinski definition) is 4. The largest absolute Gasteiger partial charge is 0.454 e. The van der Waals surface area contributed by atoms with Crippen molar-refractivity contribution in [3.05, 3.63) is 51.8 Å². The maximum absolute atomic E-state index is 13.9. The third-order valence-corrected chi connectivity index (χ3v) is 5.09. The van der Waals surface area contributed by atoms with Gasteiger partial charge in [-0.3, -0.25) is 9.69 Å². The fourth-order valence-corrected chi connectivity index (χ4v) is 3.54. The predicted molar refractivity (Wildman–Crippen MR) is 113 cm³/mol. The third kappa shape index (κ3) is 5.15. The van der Waals surface area contributed by atoms with E-state index >= 15 is 0 Å². The quantitative estimate of drug-likeness (QED) is 0.624. The molecular weight excluding hydrogens is 434 g/mol. The molecule has 6 nitrogen and oxygen atoms in total. The molecule has 2 aromatic rings. The highest BCUT2D eigenvalue weighted by molar-refractivity contribution is 6.37. The molecule has 2 amide bonds. The van der Waals surface area contributed by atoms with Crippen molar-refractivity contribution in [2.24, 2.45) is 0 Å². The average Bonchev–Trinajstić information content (AvgIpc) is 3.03. The van der Waals surface area contributed by atoms with Gasteiger partial charge in [-0.15, -0.1) is 0 Å². The van der Waals surface area contributed by atoms with Crippen LogP contribution in [0.5, 0.6) is 11.5 Å². The molecule has 9 heteroatoms. The fraction of sp³-hybridized carbons (Fsp3) is 0.333. The smallest absolute Gasteiger partial charge is 0.414 e. The molecule has 0 radical (unpaired) electrons. The van der Waals surface area contributed by atoms with Crippen LogP contribution in [-0.2, 0) is 9.53 Å². The minimum atomic E-state index is -0.571. The van der Waals surface area contributed by atoms with Crippen molar-refractivity contribution in [3.63, 3.8) is 0 Å². The van der Waals surface area contributed by atoms with E-state index < -0.39 is 18.0 Å². The first-order chi connectivity index (χ1) is 14.1. The van der Waals surface area contributed by atoms with Crippen LogP contribution in [0.4, 0.5) is 14.9 Å². The Bertz CT molecular complexity index is 960. The van der Waals surface area contributed by atoms with Crippen LogP contribution in [0.15, 0.2) is 30.3 Å². The minimum Gasteiger partial charge on any atom is -0.454 e. The van der Waals surface area contributed by atoms with Gasteiger partial charge in [0.1, 0.15) is 17.7 Å². The lowest BCUT2D eigenvalue weighted by Gasteiger charge is -2.17. The summed E-state index contributed by atoms with van der Waals surface area (Å²) in [6.45, 7) is 5.71. The number of halogens is 3. The van der Waals surface area contributed by atoms with Gasteiger partial charge in [-0.25, -0.2) is 9.18 Å². The molecule has 0 saturated carbocycles. The van der Waals surface area contributed by atoms with Crippen LogP contribution in [-0.4, -0.2) is 31.2 Å². The first-order valence-corrected chi connectivity index (χ1v) is 10.1. The summed E-state index contributed by atoms with van der Waals surface area (Å²) in [4.78, 5) is 24.6. The second kappa shape index (κ2) is 9.10. The van der Waals surface area contributed by atoms with Crippen LogP contribution < -0.4 is 15.0 Å². The average molecular weight is 455 g/mol. The number of anilines is 1.